The maximum atomic E-state index is 6.01. The third kappa shape index (κ3) is 3.47. The molecule has 1 fully saturated rings. The summed E-state index contributed by atoms with van der Waals surface area (Å²) < 4.78 is 1.76. The van der Waals surface area contributed by atoms with E-state index in [1.807, 2.05) is 12.1 Å². The third-order valence-corrected chi connectivity index (χ3v) is 4.16. The number of pyridine rings is 1. The number of fused-ring (bicyclic) bond motifs is 1. The van der Waals surface area contributed by atoms with Crippen molar-refractivity contribution >= 4 is 23.2 Å². The van der Waals surface area contributed by atoms with Crippen molar-refractivity contribution in [3.05, 3.63) is 23.4 Å². The predicted octanol–water partition coefficient (Wildman–Crippen LogP) is 2.60. The number of aromatic nitrogens is 3. The molecule has 0 aromatic carbocycles. The Balaban J connectivity index is 1.80. The molecule has 0 aliphatic carbocycles. The molecule has 6 heteroatoms. The summed E-state index contributed by atoms with van der Waals surface area (Å²) in [5, 5.41) is 8.74. The van der Waals surface area contributed by atoms with E-state index in [0.29, 0.717) is 10.9 Å². The van der Waals surface area contributed by atoms with Crippen LogP contribution in [0.1, 0.15) is 26.2 Å². The molecule has 0 bridgehead atoms. The SMILES string of the molecule is CCCN(CC1CCCNC1)c1nc2ccc(Cl)cn2n1. The van der Waals surface area contributed by atoms with E-state index in [0.717, 1.165) is 44.2 Å². The van der Waals surface area contributed by atoms with Crippen LogP contribution in [0.3, 0.4) is 0 Å². The van der Waals surface area contributed by atoms with Crippen LogP contribution >= 0.6 is 11.6 Å². The molecule has 2 aromatic heterocycles. The summed E-state index contributed by atoms with van der Waals surface area (Å²) in [6.45, 7) is 6.44. The van der Waals surface area contributed by atoms with Crippen LogP contribution in [0.5, 0.6) is 0 Å². The van der Waals surface area contributed by atoms with E-state index >= 15 is 0 Å². The summed E-state index contributed by atoms with van der Waals surface area (Å²) in [4.78, 5) is 6.94. The highest BCUT2D eigenvalue weighted by Crippen LogP contribution is 2.18. The molecule has 0 amide bonds. The first-order valence-electron chi connectivity index (χ1n) is 7.74. The van der Waals surface area contributed by atoms with E-state index in [9.17, 15) is 0 Å². The van der Waals surface area contributed by atoms with Gasteiger partial charge in [-0.05, 0) is 50.4 Å². The van der Waals surface area contributed by atoms with Gasteiger partial charge in [0.05, 0.1) is 5.02 Å². The summed E-state index contributed by atoms with van der Waals surface area (Å²) in [6.07, 6.45) is 5.45. The maximum absolute atomic E-state index is 6.01. The first-order valence-corrected chi connectivity index (χ1v) is 8.11. The second kappa shape index (κ2) is 6.62. The Kier molecular flexibility index (Phi) is 4.60. The molecule has 2 aromatic rings. The van der Waals surface area contributed by atoms with Crippen molar-refractivity contribution in [2.45, 2.75) is 26.2 Å². The molecule has 114 valence electrons. The summed E-state index contributed by atoms with van der Waals surface area (Å²) in [6, 6.07) is 3.76. The molecule has 1 N–H and O–H groups in total. The minimum absolute atomic E-state index is 0.678. The molecule has 0 spiro atoms. The fraction of sp³-hybridized carbons (Fsp3) is 0.600. The first-order chi connectivity index (χ1) is 10.3. The van der Waals surface area contributed by atoms with Gasteiger partial charge in [-0.3, -0.25) is 0 Å². The van der Waals surface area contributed by atoms with Crippen LogP contribution in [0.15, 0.2) is 18.3 Å². The Morgan fingerprint density at radius 1 is 1.48 bits per heavy atom. The topological polar surface area (TPSA) is 45.5 Å². The van der Waals surface area contributed by atoms with Gasteiger partial charge >= 0.3 is 0 Å². The Morgan fingerprint density at radius 2 is 2.38 bits per heavy atom. The monoisotopic (exact) mass is 307 g/mol. The summed E-state index contributed by atoms with van der Waals surface area (Å²) in [5.74, 6) is 1.49. The summed E-state index contributed by atoms with van der Waals surface area (Å²) in [7, 11) is 0. The summed E-state index contributed by atoms with van der Waals surface area (Å²) in [5.41, 5.74) is 0.845. The molecular formula is C15H22ClN5. The number of halogens is 1. The lowest BCUT2D eigenvalue weighted by atomic mass is 9.99. The Morgan fingerprint density at radius 3 is 3.14 bits per heavy atom. The van der Waals surface area contributed by atoms with E-state index < -0.39 is 0 Å². The van der Waals surface area contributed by atoms with E-state index in [4.69, 9.17) is 11.6 Å². The van der Waals surface area contributed by atoms with E-state index in [1.54, 1.807) is 10.7 Å². The normalized spacial score (nSPS) is 19.0. The molecule has 3 heterocycles. The van der Waals surface area contributed by atoms with E-state index in [2.05, 4.69) is 27.2 Å². The zero-order chi connectivity index (χ0) is 14.7. The van der Waals surface area contributed by atoms with Gasteiger partial charge in [0.1, 0.15) is 0 Å². The van der Waals surface area contributed by atoms with Gasteiger partial charge in [-0.1, -0.05) is 18.5 Å². The predicted molar refractivity (Wildman–Crippen MR) is 86.1 cm³/mol. The van der Waals surface area contributed by atoms with Crippen molar-refractivity contribution < 1.29 is 0 Å². The number of piperidine rings is 1. The van der Waals surface area contributed by atoms with Crippen LogP contribution in [-0.2, 0) is 0 Å². The smallest absolute Gasteiger partial charge is 0.245 e. The average molecular weight is 308 g/mol. The molecule has 1 unspecified atom stereocenters. The lowest BCUT2D eigenvalue weighted by molar-refractivity contribution is 0.375. The molecule has 1 aliphatic rings. The van der Waals surface area contributed by atoms with Crippen LogP contribution in [0, 0.1) is 5.92 Å². The van der Waals surface area contributed by atoms with Gasteiger partial charge in [-0.25, -0.2) is 4.52 Å². The van der Waals surface area contributed by atoms with E-state index in [1.165, 1.54) is 12.8 Å². The standard InChI is InChI=1S/C15H22ClN5/c1-2-8-20(10-12-4-3-7-17-9-12)15-18-14-6-5-13(16)11-21(14)19-15/h5-6,11-12,17H,2-4,7-10H2,1H3. The van der Waals surface area contributed by atoms with Crippen LogP contribution < -0.4 is 10.2 Å². The lowest BCUT2D eigenvalue weighted by Gasteiger charge is -2.29. The van der Waals surface area contributed by atoms with Gasteiger partial charge < -0.3 is 10.2 Å². The fourth-order valence-electron chi connectivity index (χ4n) is 2.91. The van der Waals surface area contributed by atoms with Crippen LogP contribution in [0.25, 0.3) is 5.65 Å². The summed E-state index contributed by atoms with van der Waals surface area (Å²) >= 11 is 6.01. The van der Waals surface area contributed by atoms with Crippen LogP contribution in [0.2, 0.25) is 5.02 Å². The quantitative estimate of drug-likeness (QED) is 0.922. The lowest BCUT2D eigenvalue weighted by Crippen LogP contribution is -2.39. The van der Waals surface area contributed by atoms with Gasteiger partial charge in [0, 0.05) is 19.3 Å². The number of anilines is 1. The Bertz CT molecular complexity index is 591. The molecule has 1 aliphatic heterocycles. The fourth-order valence-corrected chi connectivity index (χ4v) is 3.07. The van der Waals surface area contributed by atoms with Crippen molar-refractivity contribution in [3.8, 4) is 0 Å². The second-order valence-electron chi connectivity index (χ2n) is 5.72. The highest BCUT2D eigenvalue weighted by molar-refractivity contribution is 6.30. The zero-order valence-electron chi connectivity index (χ0n) is 12.4. The average Bonchev–Trinajstić information content (AvgIpc) is 2.91. The van der Waals surface area contributed by atoms with Gasteiger partial charge in [0.2, 0.25) is 5.95 Å². The number of nitrogens with one attached hydrogen (secondary N) is 1. The van der Waals surface area contributed by atoms with Gasteiger partial charge in [0.15, 0.2) is 5.65 Å². The number of hydrogen-bond acceptors (Lipinski definition) is 4. The van der Waals surface area contributed by atoms with Crippen molar-refractivity contribution in [1.82, 2.24) is 19.9 Å². The zero-order valence-corrected chi connectivity index (χ0v) is 13.2. The maximum Gasteiger partial charge on any atom is 0.245 e. The second-order valence-corrected chi connectivity index (χ2v) is 6.16. The van der Waals surface area contributed by atoms with E-state index in [-0.39, 0.29) is 0 Å². The minimum atomic E-state index is 0.678. The van der Waals surface area contributed by atoms with Gasteiger partial charge in [-0.15, -0.1) is 5.10 Å². The molecule has 21 heavy (non-hydrogen) atoms. The van der Waals surface area contributed by atoms with Crippen molar-refractivity contribution in [3.63, 3.8) is 0 Å². The number of nitrogens with zero attached hydrogens (tertiary/aromatic N) is 4. The van der Waals surface area contributed by atoms with Crippen LogP contribution in [-0.4, -0.2) is 40.8 Å². The highest BCUT2D eigenvalue weighted by Gasteiger charge is 2.19. The largest absolute Gasteiger partial charge is 0.339 e. The van der Waals surface area contributed by atoms with Crippen molar-refractivity contribution in [2.24, 2.45) is 5.92 Å². The molecular weight excluding hydrogens is 286 g/mol. The Labute approximate surface area is 130 Å². The molecule has 0 radical (unpaired) electrons. The molecule has 1 atom stereocenters. The van der Waals surface area contributed by atoms with Crippen molar-refractivity contribution in [2.75, 3.05) is 31.1 Å². The highest BCUT2D eigenvalue weighted by atomic mass is 35.5. The number of hydrogen-bond donors (Lipinski definition) is 1. The van der Waals surface area contributed by atoms with Crippen molar-refractivity contribution in [1.29, 1.82) is 0 Å². The number of rotatable bonds is 5. The Hall–Kier alpha value is -1.33. The first kappa shape index (κ1) is 14.6. The van der Waals surface area contributed by atoms with Gasteiger partial charge in [-0.2, -0.15) is 4.98 Å². The molecule has 3 rings (SSSR count). The van der Waals surface area contributed by atoms with Crippen LogP contribution in [0.4, 0.5) is 5.95 Å². The van der Waals surface area contributed by atoms with Gasteiger partial charge in [0.25, 0.3) is 0 Å². The third-order valence-electron chi connectivity index (χ3n) is 3.94. The molecule has 5 nitrogen and oxygen atoms in total. The molecule has 1 saturated heterocycles. The minimum Gasteiger partial charge on any atom is -0.339 e. The molecule has 0 saturated carbocycles.